The maximum Gasteiger partial charge on any atom is 0.410 e. The van der Waals surface area contributed by atoms with Crippen molar-refractivity contribution in [2.75, 3.05) is 19.3 Å². The van der Waals surface area contributed by atoms with Gasteiger partial charge in [-0.25, -0.2) is 13.2 Å². The molecule has 29 heavy (non-hydrogen) atoms. The molecule has 1 aromatic heterocycles. The van der Waals surface area contributed by atoms with Crippen LogP contribution in [0.4, 0.5) is 4.79 Å². The van der Waals surface area contributed by atoms with Crippen molar-refractivity contribution in [1.82, 2.24) is 15.0 Å². The van der Waals surface area contributed by atoms with Gasteiger partial charge in [0.05, 0.1) is 17.1 Å². The average molecular weight is 423 g/mol. The molecule has 1 aromatic carbocycles. The molecule has 1 fully saturated rings. The summed E-state index contributed by atoms with van der Waals surface area (Å²) in [6.45, 7) is 5.02. The molecule has 0 aliphatic carbocycles. The molecule has 2 heterocycles. The van der Waals surface area contributed by atoms with Gasteiger partial charge in [0.25, 0.3) is 5.89 Å². The Hall–Kier alpha value is -2.46. The summed E-state index contributed by atoms with van der Waals surface area (Å²) in [6.07, 6.45) is 2.17. The number of rotatable bonds is 6. The number of nitrogens with zero attached hydrogens (tertiary/aromatic N) is 3. The second-order valence-corrected chi connectivity index (χ2v) is 9.26. The summed E-state index contributed by atoms with van der Waals surface area (Å²) >= 11 is 0. The fraction of sp³-hybridized carbons (Fsp3) is 0.526. The van der Waals surface area contributed by atoms with E-state index in [1.165, 1.54) is 12.1 Å². The molecule has 0 radical (unpaired) electrons. The molecule has 1 saturated heterocycles. The Balaban J connectivity index is 1.50. The second-order valence-electron chi connectivity index (χ2n) is 7.24. The van der Waals surface area contributed by atoms with E-state index in [0.29, 0.717) is 43.2 Å². The van der Waals surface area contributed by atoms with E-state index < -0.39 is 9.84 Å². The van der Waals surface area contributed by atoms with Gasteiger partial charge in [0, 0.05) is 24.9 Å². The zero-order chi connectivity index (χ0) is 21.0. The second kappa shape index (κ2) is 8.91. The number of aromatic nitrogens is 2. The molecular formula is C19H25N3O6S. The predicted molar refractivity (Wildman–Crippen MR) is 104 cm³/mol. The third kappa shape index (κ3) is 5.77. The van der Waals surface area contributed by atoms with Crippen molar-refractivity contribution in [2.24, 2.45) is 0 Å². The number of carbonyl (C=O) groups is 1. The Labute approximate surface area is 169 Å². The maximum absolute atomic E-state index is 11.9. The molecule has 0 atom stereocenters. The van der Waals surface area contributed by atoms with Crippen LogP contribution in [-0.2, 0) is 25.9 Å². The normalized spacial score (nSPS) is 15.7. The predicted octanol–water partition coefficient (Wildman–Crippen LogP) is 2.67. The molecule has 0 saturated carbocycles. The standard InChI is InChI=1S/C19H25N3O6S/c1-13(2)27-19(23)22-10-8-15(9-11-22)26-12-17-20-18(28-21-17)14-4-6-16(7-5-14)29(3,24)25/h4-7,13,15H,8-12H2,1-3H3. The number of piperidine rings is 1. The highest BCUT2D eigenvalue weighted by Crippen LogP contribution is 2.21. The lowest BCUT2D eigenvalue weighted by Crippen LogP contribution is -2.41. The highest BCUT2D eigenvalue weighted by atomic mass is 32.2. The van der Waals surface area contributed by atoms with Crippen molar-refractivity contribution in [3.63, 3.8) is 0 Å². The van der Waals surface area contributed by atoms with Crippen LogP contribution in [0.1, 0.15) is 32.5 Å². The number of ether oxygens (including phenoxy) is 2. The average Bonchev–Trinajstić information content (AvgIpc) is 3.15. The first-order valence-electron chi connectivity index (χ1n) is 9.42. The molecule has 0 bridgehead atoms. The number of likely N-dealkylation sites (tertiary alicyclic amines) is 1. The fourth-order valence-electron chi connectivity index (χ4n) is 2.95. The van der Waals surface area contributed by atoms with E-state index >= 15 is 0 Å². The maximum atomic E-state index is 11.9. The molecule has 10 heteroatoms. The molecule has 3 rings (SSSR count). The van der Waals surface area contributed by atoms with Crippen LogP contribution in [0.3, 0.4) is 0 Å². The largest absolute Gasteiger partial charge is 0.447 e. The summed E-state index contributed by atoms with van der Waals surface area (Å²) in [6, 6.07) is 6.26. The molecule has 1 aliphatic rings. The van der Waals surface area contributed by atoms with Crippen LogP contribution in [0.5, 0.6) is 0 Å². The highest BCUT2D eigenvalue weighted by molar-refractivity contribution is 7.90. The smallest absolute Gasteiger partial charge is 0.410 e. The molecule has 1 aliphatic heterocycles. The molecule has 158 valence electrons. The van der Waals surface area contributed by atoms with Crippen molar-refractivity contribution in [1.29, 1.82) is 0 Å². The first-order chi connectivity index (χ1) is 13.7. The van der Waals surface area contributed by atoms with Crippen molar-refractivity contribution >= 4 is 15.9 Å². The van der Waals surface area contributed by atoms with Gasteiger partial charge in [-0.3, -0.25) is 0 Å². The van der Waals surface area contributed by atoms with Crippen molar-refractivity contribution in [3.8, 4) is 11.5 Å². The molecule has 9 nitrogen and oxygen atoms in total. The lowest BCUT2D eigenvalue weighted by molar-refractivity contribution is -0.00899. The van der Waals surface area contributed by atoms with Crippen molar-refractivity contribution in [3.05, 3.63) is 30.1 Å². The Kier molecular flexibility index (Phi) is 6.53. The molecule has 0 unspecified atom stereocenters. The molecule has 2 aromatic rings. The SMILES string of the molecule is CC(C)OC(=O)N1CCC(OCc2noc(-c3ccc(S(C)(=O)=O)cc3)n2)CC1. The lowest BCUT2D eigenvalue weighted by Gasteiger charge is -2.31. The number of benzene rings is 1. The minimum Gasteiger partial charge on any atom is -0.447 e. The lowest BCUT2D eigenvalue weighted by atomic mass is 10.1. The van der Waals surface area contributed by atoms with Crippen LogP contribution in [0, 0.1) is 0 Å². The van der Waals surface area contributed by atoms with Crippen molar-refractivity contribution in [2.45, 2.75) is 50.4 Å². The molecule has 0 spiro atoms. The first-order valence-corrected chi connectivity index (χ1v) is 11.3. The number of hydrogen-bond acceptors (Lipinski definition) is 8. The summed E-state index contributed by atoms with van der Waals surface area (Å²) in [7, 11) is -3.25. The van der Waals surface area contributed by atoms with Crippen LogP contribution < -0.4 is 0 Å². The molecule has 0 N–H and O–H groups in total. The topological polar surface area (TPSA) is 112 Å². The van der Waals surface area contributed by atoms with E-state index in [1.54, 1.807) is 17.0 Å². The summed E-state index contributed by atoms with van der Waals surface area (Å²) < 4.78 is 39.4. The van der Waals surface area contributed by atoms with Crippen LogP contribution in [-0.4, -0.2) is 61.1 Å². The Bertz CT molecular complexity index is 931. The number of hydrogen-bond donors (Lipinski definition) is 0. The van der Waals surface area contributed by atoms with Gasteiger partial charge in [0.1, 0.15) is 6.61 Å². The number of sulfone groups is 1. The van der Waals surface area contributed by atoms with E-state index in [4.69, 9.17) is 14.0 Å². The van der Waals surface area contributed by atoms with E-state index in [2.05, 4.69) is 10.1 Å². The molecular weight excluding hydrogens is 398 g/mol. The van der Waals surface area contributed by atoms with Gasteiger partial charge in [-0.15, -0.1) is 0 Å². The van der Waals surface area contributed by atoms with E-state index in [0.717, 1.165) is 6.26 Å². The number of amides is 1. The van der Waals surface area contributed by atoms with Gasteiger partial charge in [-0.05, 0) is 51.0 Å². The van der Waals surface area contributed by atoms with Gasteiger partial charge >= 0.3 is 6.09 Å². The van der Waals surface area contributed by atoms with Gasteiger partial charge in [0.2, 0.25) is 0 Å². The van der Waals surface area contributed by atoms with Gasteiger partial charge < -0.3 is 18.9 Å². The Morgan fingerprint density at radius 2 is 1.90 bits per heavy atom. The van der Waals surface area contributed by atoms with Crippen LogP contribution in [0.25, 0.3) is 11.5 Å². The molecule has 1 amide bonds. The Morgan fingerprint density at radius 3 is 2.48 bits per heavy atom. The zero-order valence-corrected chi connectivity index (χ0v) is 17.5. The third-order valence-electron chi connectivity index (χ3n) is 4.48. The van der Waals surface area contributed by atoms with Gasteiger partial charge in [0.15, 0.2) is 15.7 Å². The quantitative estimate of drug-likeness (QED) is 0.697. The van der Waals surface area contributed by atoms with Crippen molar-refractivity contribution < 1.29 is 27.2 Å². The highest BCUT2D eigenvalue weighted by Gasteiger charge is 2.25. The zero-order valence-electron chi connectivity index (χ0n) is 16.7. The fourth-order valence-corrected chi connectivity index (χ4v) is 3.58. The van der Waals surface area contributed by atoms with E-state index in [9.17, 15) is 13.2 Å². The minimum absolute atomic E-state index is 0.00842. The summed E-state index contributed by atoms with van der Waals surface area (Å²) in [4.78, 5) is 18.1. The van der Waals surface area contributed by atoms with Crippen LogP contribution >= 0.6 is 0 Å². The minimum atomic E-state index is -3.25. The van der Waals surface area contributed by atoms with Crippen LogP contribution in [0.2, 0.25) is 0 Å². The number of carbonyl (C=O) groups excluding carboxylic acids is 1. The van der Waals surface area contributed by atoms with Gasteiger partial charge in [-0.2, -0.15) is 4.98 Å². The Morgan fingerprint density at radius 1 is 1.24 bits per heavy atom. The summed E-state index contributed by atoms with van der Waals surface area (Å²) in [5, 5.41) is 3.91. The van der Waals surface area contributed by atoms with E-state index in [1.807, 2.05) is 13.8 Å². The summed E-state index contributed by atoms with van der Waals surface area (Å²) in [5.41, 5.74) is 0.633. The monoisotopic (exact) mass is 423 g/mol. The summed E-state index contributed by atoms with van der Waals surface area (Å²) in [5.74, 6) is 0.712. The third-order valence-corrected chi connectivity index (χ3v) is 5.61. The van der Waals surface area contributed by atoms with Gasteiger partial charge in [-0.1, -0.05) is 5.16 Å². The van der Waals surface area contributed by atoms with E-state index in [-0.39, 0.29) is 29.8 Å². The first kappa shape index (κ1) is 21.3. The van der Waals surface area contributed by atoms with Crippen LogP contribution in [0.15, 0.2) is 33.7 Å².